The van der Waals surface area contributed by atoms with Crippen molar-refractivity contribution >= 4 is 18.3 Å². The normalized spacial score (nSPS) is 36.6. The third-order valence-corrected chi connectivity index (χ3v) is 3.85. The average molecular weight is 263 g/mol. The van der Waals surface area contributed by atoms with E-state index in [1.165, 1.54) is 12.8 Å². The fraction of sp³-hybridized carbons (Fsp3) is 0.917. The Morgan fingerprint density at radius 2 is 2.12 bits per heavy atom. The molecule has 0 aromatic heterocycles. The smallest absolute Gasteiger partial charge is 0.249 e. The minimum absolute atomic E-state index is 0. The van der Waals surface area contributed by atoms with Crippen LogP contribution in [0.4, 0.5) is 0 Å². The fourth-order valence-corrected chi connectivity index (χ4v) is 2.71. The highest BCUT2D eigenvalue weighted by Gasteiger charge is 2.32. The van der Waals surface area contributed by atoms with Crippen molar-refractivity contribution in [2.45, 2.75) is 57.3 Å². The molecule has 1 saturated carbocycles. The maximum absolute atomic E-state index is 11.9. The van der Waals surface area contributed by atoms with Crippen molar-refractivity contribution in [3.63, 3.8) is 0 Å². The van der Waals surface area contributed by atoms with E-state index >= 15 is 0 Å². The van der Waals surface area contributed by atoms with E-state index in [1.54, 1.807) is 0 Å². The molecule has 0 aromatic carbocycles. The first-order valence-corrected chi connectivity index (χ1v) is 6.36. The summed E-state index contributed by atoms with van der Waals surface area (Å²) in [6, 6.07) is 0.355. The fourth-order valence-electron chi connectivity index (χ4n) is 2.71. The molecule has 0 aromatic rings. The SMILES string of the molecule is CC1CCCC1NC(=O)[C@@H]1CC[C@H](CN)O1.Cl. The number of nitrogens with two attached hydrogens (primary N) is 1. The van der Waals surface area contributed by atoms with Crippen LogP contribution in [0.5, 0.6) is 0 Å². The number of nitrogens with one attached hydrogen (secondary N) is 1. The molecule has 1 aliphatic heterocycles. The van der Waals surface area contributed by atoms with Crippen molar-refractivity contribution < 1.29 is 9.53 Å². The third kappa shape index (κ3) is 3.57. The Morgan fingerprint density at radius 1 is 1.35 bits per heavy atom. The van der Waals surface area contributed by atoms with Crippen molar-refractivity contribution in [1.29, 1.82) is 0 Å². The standard InChI is InChI=1S/C12H22N2O2.ClH/c1-8-3-2-4-10(8)14-12(15)11-6-5-9(7-13)16-11;/h8-11H,2-7,13H2,1H3,(H,14,15);1H/t8?,9-,10?,11+;/m1./s1. The van der Waals surface area contributed by atoms with Gasteiger partial charge in [0.15, 0.2) is 0 Å². The third-order valence-electron chi connectivity index (χ3n) is 3.85. The van der Waals surface area contributed by atoms with E-state index in [0.29, 0.717) is 18.5 Å². The van der Waals surface area contributed by atoms with E-state index in [-0.39, 0.29) is 30.5 Å². The summed E-state index contributed by atoms with van der Waals surface area (Å²) in [4.78, 5) is 11.9. The van der Waals surface area contributed by atoms with Gasteiger partial charge in [0.05, 0.1) is 6.10 Å². The molecular weight excluding hydrogens is 240 g/mol. The lowest BCUT2D eigenvalue weighted by molar-refractivity contribution is -0.132. The zero-order valence-corrected chi connectivity index (χ0v) is 11.2. The minimum atomic E-state index is -0.263. The Bertz CT molecular complexity index is 263. The van der Waals surface area contributed by atoms with Crippen LogP contribution >= 0.6 is 12.4 Å². The largest absolute Gasteiger partial charge is 0.364 e. The summed E-state index contributed by atoms with van der Waals surface area (Å²) in [7, 11) is 0. The Morgan fingerprint density at radius 3 is 2.65 bits per heavy atom. The summed E-state index contributed by atoms with van der Waals surface area (Å²) < 4.78 is 5.58. The van der Waals surface area contributed by atoms with Crippen molar-refractivity contribution in [2.75, 3.05) is 6.54 Å². The van der Waals surface area contributed by atoms with Crippen molar-refractivity contribution in [1.82, 2.24) is 5.32 Å². The van der Waals surface area contributed by atoms with Crippen molar-refractivity contribution in [2.24, 2.45) is 11.7 Å². The van der Waals surface area contributed by atoms with E-state index in [9.17, 15) is 4.79 Å². The second kappa shape index (κ2) is 6.57. The summed E-state index contributed by atoms with van der Waals surface area (Å²) in [6.07, 6.45) is 5.10. The molecule has 0 radical (unpaired) electrons. The van der Waals surface area contributed by atoms with Gasteiger partial charge in [-0.1, -0.05) is 13.3 Å². The van der Waals surface area contributed by atoms with Gasteiger partial charge in [-0.15, -0.1) is 12.4 Å². The van der Waals surface area contributed by atoms with E-state index in [0.717, 1.165) is 19.3 Å². The summed E-state index contributed by atoms with van der Waals surface area (Å²) >= 11 is 0. The summed E-state index contributed by atoms with van der Waals surface area (Å²) in [5, 5.41) is 3.11. The number of hydrogen-bond acceptors (Lipinski definition) is 3. The molecule has 1 saturated heterocycles. The van der Waals surface area contributed by atoms with Gasteiger partial charge in [-0.05, 0) is 31.6 Å². The highest BCUT2D eigenvalue weighted by atomic mass is 35.5. The van der Waals surface area contributed by atoms with E-state index in [2.05, 4.69) is 12.2 Å². The minimum Gasteiger partial charge on any atom is -0.364 e. The summed E-state index contributed by atoms with van der Waals surface area (Å²) in [5.74, 6) is 0.672. The van der Waals surface area contributed by atoms with Crippen LogP contribution in [-0.4, -0.2) is 30.7 Å². The summed E-state index contributed by atoms with van der Waals surface area (Å²) in [5.41, 5.74) is 5.53. The van der Waals surface area contributed by atoms with Gasteiger partial charge in [-0.25, -0.2) is 0 Å². The lowest BCUT2D eigenvalue weighted by Crippen LogP contribution is -2.42. The predicted octanol–water partition coefficient (Wildman–Crippen LogP) is 1.22. The number of carbonyl (C=O) groups excluding carboxylic acids is 1. The molecular formula is C12H23ClN2O2. The molecule has 1 amide bonds. The molecule has 0 bridgehead atoms. The predicted molar refractivity (Wildman–Crippen MR) is 69.1 cm³/mol. The Hall–Kier alpha value is -0.320. The van der Waals surface area contributed by atoms with Crippen LogP contribution in [0.2, 0.25) is 0 Å². The molecule has 4 nitrogen and oxygen atoms in total. The molecule has 5 heteroatoms. The highest BCUT2D eigenvalue weighted by Crippen LogP contribution is 2.26. The van der Waals surface area contributed by atoms with Crippen LogP contribution in [0.3, 0.4) is 0 Å². The van der Waals surface area contributed by atoms with Gasteiger partial charge in [-0.2, -0.15) is 0 Å². The van der Waals surface area contributed by atoms with Gasteiger partial charge in [-0.3, -0.25) is 4.79 Å². The molecule has 3 N–H and O–H groups in total. The van der Waals surface area contributed by atoms with Crippen LogP contribution in [0, 0.1) is 5.92 Å². The highest BCUT2D eigenvalue weighted by molar-refractivity contribution is 5.85. The monoisotopic (exact) mass is 262 g/mol. The quantitative estimate of drug-likeness (QED) is 0.804. The molecule has 1 aliphatic carbocycles. The molecule has 4 atom stereocenters. The molecule has 2 aliphatic rings. The van der Waals surface area contributed by atoms with Gasteiger partial charge in [0.1, 0.15) is 6.10 Å². The lowest BCUT2D eigenvalue weighted by Gasteiger charge is -2.20. The number of carbonyl (C=O) groups is 1. The van der Waals surface area contributed by atoms with Crippen LogP contribution < -0.4 is 11.1 Å². The second-order valence-electron chi connectivity index (χ2n) is 5.08. The molecule has 100 valence electrons. The van der Waals surface area contributed by atoms with E-state index in [1.807, 2.05) is 0 Å². The first kappa shape index (κ1) is 14.7. The van der Waals surface area contributed by atoms with Crippen molar-refractivity contribution in [3.8, 4) is 0 Å². The number of ether oxygens (including phenoxy) is 1. The van der Waals surface area contributed by atoms with Gasteiger partial charge >= 0.3 is 0 Å². The molecule has 0 spiro atoms. The second-order valence-corrected chi connectivity index (χ2v) is 5.08. The topological polar surface area (TPSA) is 64.4 Å². The molecule has 1 heterocycles. The maximum Gasteiger partial charge on any atom is 0.249 e. The Balaban J connectivity index is 0.00000144. The van der Waals surface area contributed by atoms with E-state index in [4.69, 9.17) is 10.5 Å². The van der Waals surface area contributed by atoms with Gasteiger partial charge in [0.25, 0.3) is 0 Å². The zero-order valence-electron chi connectivity index (χ0n) is 10.4. The maximum atomic E-state index is 11.9. The average Bonchev–Trinajstić information content (AvgIpc) is 2.88. The number of rotatable bonds is 3. The zero-order chi connectivity index (χ0) is 11.5. The van der Waals surface area contributed by atoms with Gasteiger partial charge in [0.2, 0.25) is 5.91 Å². The van der Waals surface area contributed by atoms with Crippen LogP contribution in [0.1, 0.15) is 39.0 Å². The molecule has 2 unspecified atom stereocenters. The van der Waals surface area contributed by atoms with Crippen LogP contribution in [0.15, 0.2) is 0 Å². The van der Waals surface area contributed by atoms with Gasteiger partial charge < -0.3 is 15.8 Å². The molecule has 2 fully saturated rings. The Labute approximate surface area is 109 Å². The first-order chi connectivity index (χ1) is 7.70. The number of amides is 1. The number of halogens is 1. The lowest BCUT2D eigenvalue weighted by atomic mass is 10.1. The molecule has 2 rings (SSSR count). The Kier molecular flexibility index (Phi) is 5.70. The summed E-state index contributed by atoms with van der Waals surface area (Å²) in [6.45, 7) is 2.72. The van der Waals surface area contributed by atoms with E-state index < -0.39 is 0 Å². The van der Waals surface area contributed by atoms with Crippen LogP contribution in [-0.2, 0) is 9.53 Å². The molecule has 17 heavy (non-hydrogen) atoms. The van der Waals surface area contributed by atoms with Gasteiger partial charge in [0, 0.05) is 12.6 Å². The first-order valence-electron chi connectivity index (χ1n) is 6.36. The van der Waals surface area contributed by atoms with Crippen LogP contribution in [0.25, 0.3) is 0 Å². The van der Waals surface area contributed by atoms with Crippen molar-refractivity contribution in [3.05, 3.63) is 0 Å². The number of hydrogen-bond donors (Lipinski definition) is 2.